The van der Waals surface area contributed by atoms with Crippen LogP contribution in [0, 0.1) is 19.8 Å². The Morgan fingerprint density at radius 2 is 2.09 bits per heavy atom. The molecule has 0 N–H and O–H groups in total. The molecule has 1 aliphatic rings. The van der Waals surface area contributed by atoms with E-state index in [0.717, 1.165) is 11.3 Å². The summed E-state index contributed by atoms with van der Waals surface area (Å²) >= 11 is 1.39. The van der Waals surface area contributed by atoms with Crippen LogP contribution >= 0.6 is 11.3 Å². The Hall–Kier alpha value is -2.21. The van der Waals surface area contributed by atoms with E-state index in [1.165, 1.54) is 16.9 Å². The van der Waals surface area contributed by atoms with Gasteiger partial charge in [-0.1, -0.05) is 6.07 Å². The number of hydrogen-bond donors (Lipinski definition) is 0. The number of aryl methyl sites for hydroxylation is 3. The van der Waals surface area contributed by atoms with Crippen LogP contribution in [0.3, 0.4) is 0 Å². The maximum atomic E-state index is 12.6. The van der Waals surface area contributed by atoms with Gasteiger partial charge in [0, 0.05) is 30.9 Å². The molecule has 3 rings (SSSR count). The Morgan fingerprint density at radius 1 is 1.30 bits per heavy atom. The first kappa shape index (κ1) is 15.7. The predicted molar refractivity (Wildman–Crippen MR) is 90.2 cm³/mol. The van der Waals surface area contributed by atoms with Gasteiger partial charge in [-0.15, -0.1) is 11.3 Å². The van der Waals surface area contributed by atoms with Gasteiger partial charge in [-0.2, -0.15) is 4.99 Å². The van der Waals surface area contributed by atoms with Gasteiger partial charge in [-0.3, -0.25) is 9.59 Å². The maximum absolute atomic E-state index is 12.6. The number of anilines is 1. The molecule has 0 aliphatic carbocycles. The van der Waals surface area contributed by atoms with Gasteiger partial charge in [-0.25, -0.2) is 0 Å². The average Bonchev–Trinajstić information content (AvgIpc) is 3.08. The fourth-order valence-corrected chi connectivity index (χ4v) is 3.40. The van der Waals surface area contributed by atoms with Gasteiger partial charge in [0.25, 0.3) is 5.91 Å². The zero-order chi connectivity index (χ0) is 16.6. The molecule has 1 aliphatic heterocycles. The van der Waals surface area contributed by atoms with E-state index in [-0.39, 0.29) is 11.8 Å². The molecule has 1 aromatic carbocycles. The number of thiazole rings is 1. The monoisotopic (exact) mass is 329 g/mol. The van der Waals surface area contributed by atoms with Crippen LogP contribution in [-0.4, -0.2) is 22.9 Å². The third-order valence-electron chi connectivity index (χ3n) is 4.27. The number of carbonyl (C=O) groups excluding carboxylic acids is 2. The van der Waals surface area contributed by atoms with E-state index in [1.807, 2.05) is 50.7 Å². The lowest BCUT2D eigenvalue weighted by Crippen LogP contribution is -2.30. The zero-order valence-corrected chi connectivity index (χ0v) is 14.3. The molecule has 1 atom stereocenters. The summed E-state index contributed by atoms with van der Waals surface area (Å²) in [6.07, 6.45) is 2.36. The molecule has 2 amide bonds. The van der Waals surface area contributed by atoms with Gasteiger partial charge in [0.15, 0.2) is 4.80 Å². The number of carbonyl (C=O) groups is 2. The van der Waals surface area contributed by atoms with Crippen LogP contribution in [-0.2, 0) is 16.6 Å². The topological polar surface area (TPSA) is 54.7 Å². The van der Waals surface area contributed by atoms with Gasteiger partial charge < -0.3 is 9.47 Å². The van der Waals surface area contributed by atoms with Crippen LogP contribution in [0.5, 0.6) is 0 Å². The van der Waals surface area contributed by atoms with E-state index in [4.69, 9.17) is 0 Å². The lowest BCUT2D eigenvalue weighted by Gasteiger charge is -2.17. The van der Waals surface area contributed by atoms with Crippen molar-refractivity contribution in [1.82, 2.24) is 4.57 Å². The van der Waals surface area contributed by atoms with Crippen molar-refractivity contribution in [2.45, 2.75) is 20.3 Å². The standard InChI is InChI=1S/C17H19N3O2S/c1-11-4-5-13(10-12(11)2)20-7-6-14(16(20)22)15(21)18-17-19(3)8-9-23-17/h4-5,8-10,14H,6-7H2,1-3H3. The van der Waals surface area contributed by atoms with Gasteiger partial charge in [0.05, 0.1) is 0 Å². The summed E-state index contributed by atoms with van der Waals surface area (Å²) in [7, 11) is 1.83. The number of rotatable bonds is 2. The Balaban J connectivity index is 1.83. The highest BCUT2D eigenvalue weighted by Gasteiger charge is 2.37. The lowest BCUT2D eigenvalue weighted by atomic mass is 10.1. The molecule has 0 bridgehead atoms. The molecule has 1 aromatic heterocycles. The van der Waals surface area contributed by atoms with Crippen molar-refractivity contribution < 1.29 is 9.59 Å². The highest BCUT2D eigenvalue weighted by atomic mass is 32.1. The first-order chi connectivity index (χ1) is 11.0. The Morgan fingerprint density at radius 3 is 2.74 bits per heavy atom. The van der Waals surface area contributed by atoms with Crippen molar-refractivity contribution in [3.63, 3.8) is 0 Å². The fourth-order valence-electron chi connectivity index (χ4n) is 2.67. The fraction of sp³-hybridized carbons (Fsp3) is 0.353. The first-order valence-corrected chi connectivity index (χ1v) is 8.42. The summed E-state index contributed by atoms with van der Waals surface area (Å²) in [5, 5.41) is 1.87. The maximum Gasteiger partial charge on any atom is 0.260 e. The van der Waals surface area contributed by atoms with Crippen LogP contribution in [0.1, 0.15) is 17.5 Å². The molecule has 5 nitrogen and oxygen atoms in total. The minimum atomic E-state index is -0.668. The molecule has 0 saturated carbocycles. The quantitative estimate of drug-likeness (QED) is 0.793. The second kappa shape index (κ2) is 6.12. The van der Waals surface area contributed by atoms with E-state index in [2.05, 4.69) is 4.99 Å². The van der Waals surface area contributed by atoms with Crippen molar-refractivity contribution in [2.75, 3.05) is 11.4 Å². The molecule has 6 heteroatoms. The summed E-state index contributed by atoms with van der Waals surface area (Å²) in [5.41, 5.74) is 3.18. The lowest BCUT2D eigenvalue weighted by molar-refractivity contribution is -0.130. The minimum absolute atomic E-state index is 0.152. The summed E-state index contributed by atoms with van der Waals surface area (Å²) in [5.74, 6) is -1.17. The number of hydrogen-bond acceptors (Lipinski definition) is 3. The highest BCUT2D eigenvalue weighted by Crippen LogP contribution is 2.27. The van der Waals surface area contributed by atoms with Crippen molar-refractivity contribution in [2.24, 2.45) is 18.0 Å². The molecule has 0 radical (unpaired) electrons. The minimum Gasteiger partial charge on any atom is -0.327 e. The van der Waals surface area contributed by atoms with Crippen molar-refractivity contribution in [1.29, 1.82) is 0 Å². The largest absolute Gasteiger partial charge is 0.327 e. The van der Waals surface area contributed by atoms with Crippen LogP contribution in [0.4, 0.5) is 5.69 Å². The number of benzene rings is 1. The van der Waals surface area contributed by atoms with Crippen molar-refractivity contribution in [3.8, 4) is 0 Å². The SMILES string of the molecule is Cc1ccc(N2CCC(C(=O)N=c3sccn3C)C2=O)cc1C. The summed E-state index contributed by atoms with van der Waals surface area (Å²) in [6, 6.07) is 5.93. The normalized spacial score (nSPS) is 18.7. The van der Waals surface area contributed by atoms with E-state index >= 15 is 0 Å². The van der Waals surface area contributed by atoms with Crippen molar-refractivity contribution >= 4 is 28.8 Å². The Labute approximate surface area is 138 Å². The molecule has 120 valence electrons. The molecular formula is C17H19N3O2S. The van der Waals surface area contributed by atoms with E-state index in [0.29, 0.717) is 17.8 Å². The average molecular weight is 329 g/mol. The Kier molecular flexibility index (Phi) is 4.17. The second-order valence-electron chi connectivity index (χ2n) is 5.85. The highest BCUT2D eigenvalue weighted by molar-refractivity contribution is 7.07. The van der Waals surface area contributed by atoms with E-state index < -0.39 is 5.92 Å². The van der Waals surface area contributed by atoms with E-state index in [9.17, 15) is 9.59 Å². The molecular weight excluding hydrogens is 310 g/mol. The molecule has 1 unspecified atom stereocenters. The van der Waals surface area contributed by atoms with Gasteiger partial charge in [-0.05, 0) is 43.5 Å². The number of nitrogens with zero attached hydrogens (tertiary/aromatic N) is 3. The van der Waals surface area contributed by atoms with Crippen LogP contribution in [0.2, 0.25) is 0 Å². The molecule has 1 fully saturated rings. The van der Waals surface area contributed by atoms with E-state index in [1.54, 1.807) is 9.47 Å². The number of aromatic nitrogens is 1. The van der Waals surface area contributed by atoms with Gasteiger partial charge in [0.2, 0.25) is 5.91 Å². The third-order valence-corrected chi connectivity index (χ3v) is 5.12. The number of amides is 2. The van der Waals surface area contributed by atoms with Crippen molar-refractivity contribution in [3.05, 3.63) is 45.7 Å². The van der Waals surface area contributed by atoms with Crippen LogP contribution < -0.4 is 9.70 Å². The van der Waals surface area contributed by atoms with Crippen LogP contribution in [0.15, 0.2) is 34.8 Å². The first-order valence-electron chi connectivity index (χ1n) is 7.54. The molecule has 2 heterocycles. The second-order valence-corrected chi connectivity index (χ2v) is 6.72. The molecule has 0 spiro atoms. The van der Waals surface area contributed by atoms with Crippen LogP contribution in [0.25, 0.3) is 0 Å². The Bertz CT molecular complexity index is 834. The third kappa shape index (κ3) is 2.99. The summed E-state index contributed by atoms with van der Waals surface area (Å²) in [6.45, 7) is 4.62. The molecule has 1 saturated heterocycles. The molecule has 2 aromatic rings. The summed E-state index contributed by atoms with van der Waals surface area (Å²) < 4.78 is 1.78. The summed E-state index contributed by atoms with van der Waals surface area (Å²) in [4.78, 5) is 31.4. The molecule has 23 heavy (non-hydrogen) atoms. The smallest absolute Gasteiger partial charge is 0.260 e. The predicted octanol–water partition coefficient (Wildman–Crippen LogP) is 2.18. The van der Waals surface area contributed by atoms with Gasteiger partial charge >= 0.3 is 0 Å². The zero-order valence-electron chi connectivity index (χ0n) is 13.4. The van der Waals surface area contributed by atoms with Gasteiger partial charge in [0.1, 0.15) is 5.92 Å².